The topological polar surface area (TPSA) is 70.6 Å². The Morgan fingerprint density at radius 1 is 1.39 bits per heavy atom. The second kappa shape index (κ2) is 8.31. The molecule has 1 fully saturated rings. The molecule has 0 aliphatic carbocycles. The van der Waals surface area contributed by atoms with Crippen molar-refractivity contribution >= 4 is 29.1 Å². The van der Waals surface area contributed by atoms with Gasteiger partial charge in [0.2, 0.25) is 5.91 Å². The second-order valence-corrected chi connectivity index (χ2v) is 6.64. The Morgan fingerprint density at radius 3 is 2.57 bits per heavy atom. The van der Waals surface area contributed by atoms with Crippen molar-refractivity contribution in [1.29, 1.82) is 0 Å². The van der Waals surface area contributed by atoms with Crippen LogP contribution in [-0.4, -0.2) is 44.4 Å². The van der Waals surface area contributed by atoms with Gasteiger partial charge in [0, 0.05) is 29.3 Å². The van der Waals surface area contributed by atoms with Crippen LogP contribution in [0.5, 0.6) is 0 Å². The van der Waals surface area contributed by atoms with Gasteiger partial charge in [-0.15, -0.1) is 0 Å². The molecule has 1 atom stereocenters. The van der Waals surface area contributed by atoms with E-state index in [1.807, 2.05) is 0 Å². The molecule has 1 saturated heterocycles. The third-order valence-electron chi connectivity index (χ3n) is 4.25. The van der Waals surface area contributed by atoms with Crippen molar-refractivity contribution in [3.63, 3.8) is 0 Å². The fourth-order valence-corrected chi connectivity index (χ4v) is 3.58. The highest BCUT2D eigenvalue weighted by molar-refractivity contribution is 6.36. The molecular formula is C16H22Cl2N2O3. The van der Waals surface area contributed by atoms with E-state index in [4.69, 9.17) is 27.9 Å². The standard InChI is InChI=1S/C16H22Cl2N2O3/c1-23-10-16(5-7-19-8-6-16)15(22)20-9-13(21)14-11(17)3-2-4-12(14)18/h2-4,13,19,21H,5-10H2,1H3,(H,20,22). The van der Waals surface area contributed by atoms with Gasteiger partial charge in [-0.25, -0.2) is 0 Å². The average Bonchev–Trinajstić information content (AvgIpc) is 2.53. The highest BCUT2D eigenvalue weighted by atomic mass is 35.5. The van der Waals surface area contributed by atoms with E-state index < -0.39 is 11.5 Å². The number of ether oxygens (including phenoxy) is 1. The molecule has 1 aromatic rings. The fourth-order valence-electron chi connectivity index (χ4n) is 2.93. The van der Waals surface area contributed by atoms with Gasteiger partial charge >= 0.3 is 0 Å². The minimum Gasteiger partial charge on any atom is -0.386 e. The van der Waals surface area contributed by atoms with Crippen LogP contribution in [0.25, 0.3) is 0 Å². The summed E-state index contributed by atoms with van der Waals surface area (Å²) in [4.78, 5) is 12.6. The van der Waals surface area contributed by atoms with Crippen molar-refractivity contribution in [1.82, 2.24) is 10.6 Å². The van der Waals surface area contributed by atoms with Crippen molar-refractivity contribution in [2.75, 3.05) is 33.4 Å². The van der Waals surface area contributed by atoms with Crippen LogP contribution in [-0.2, 0) is 9.53 Å². The molecule has 0 spiro atoms. The number of hydrogen-bond acceptors (Lipinski definition) is 4. The number of methoxy groups -OCH3 is 1. The molecule has 0 saturated carbocycles. The molecule has 7 heteroatoms. The normalized spacial score (nSPS) is 18.4. The Bertz CT molecular complexity index is 522. The van der Waals surface area contributed by atoms with E-state index >= 15 is 0 Å². The van der Waals surface area contributed by atoms with E-state index in [1.165, 1.54) is 0 Å². The van der Waals surface area contributed by atoms with Crippen LogP contribution in [0.15, 0.2) is 18.2 Å². The first kappa shape index (κ1) is 18.5. The Balaban J connectivity index is 2.02. The zero-order chi connectivity index (χ0) is 16.9. The van der Waals surface area contributed by atoms with Gasteiger partial charge in [-0.1, -0.05) is 29.3 Å². The van der Waals surface area contributed by atoms with Crippen LogP contribution >= 0.6 is 23.2 Å². The Labute approximate surface area is 146 Å². The van der Waals surface area contributed by atoms with Crippen molar-refractivity contribution in [2.24, 2.45) is 5.41 Å². The summed E-state index contributed by atoms with van der Waals surface area (Å²) in [6, 6.07) is 5.03. The molecule has 2 rings (SSSR count). The van der Waals surface area contributed by atoms with E-state index in [0.717, 1.165) is 13.1 Å². The minimum absolute atomic E-state index is 0.0567. The summed E-state index contributed by atoms with van der Waals surface area (Å²) in [5.41, 5.74) is -0.119. The second-order valence-electron chi connectivity index (χ2n) is 5.82. The Kier molecular flexibility index (Phi) is 6.68. The quantitative estimate of drug-likeness (QED) is 0.726. The molecular weight excluding hydrogens is 339 g/mol. The van der Waals surface area contributed by atoms with Gasteiger partial charge in [-0.05, 0) is 38.1 Å². The lowest BCUT2D eigenvalue weighted by molar-refractivity contribution is -0.136. The van der Waals surface area contributed by atoms with Gasteiger partial charge in [-0.2, -0.15) is 0 Å². The number of aliphatic hydroxyl groups excluding tert-OH is 1. The number of aliphatic hydroxyl groups is 1. The smallest absolute Gasteiger partial charge is 0.228 e. The summed E-state index contributed by atoms with van der Waals surface area (Å²) in [5.74, 6) is -0.108. The van der Waals surface area contributed by atoms with Crippen LogP contribution in [0.1, 0.15) is 24.5 Å². The summed E-state index contributed by atoms with van der Waals surface area (Å²) >= 11 is 12.2. The maximum Gasteiger partial charge on any atom is 0.228 e. The van der Waals surface area contributed by atoms with Crippen LogP contribution in [0, 0.1) is 5.41 Å². The van der Waals surface area contributed by atoms with E-state index in [-0.39, 0.29) is 12.5 Å². The molecule has 1 unspecified atom stereocenters. The van der Waals surface area contributed by atoms with Crippen molar-refractivity contribution in [2.45, 2.75) is 18.9 Å². The predicted octanol–water partition coefficient (Wildman–Crippen LogP) is 2.16. The number of nitrogens with one attached hydrogen (secondary N) is 2. The van der Waals surface area contributed by atoms with Gasteiger partial charge < -0.3 is 20.5 Å². The molecule has 0 radical (unpaired) electrons. The molecule has 1 heterocycles. The number of rotatable bonds is 6. The summed E-state index contributed by atoms with van der Waals surface area (Å²) < 4.78 is 5.24. The average molecular weight is 361 g/mol. The summed E-state index contributed by atoms with van der Waals surface area (Å²) in [6.07, 6.45) is 0.451. The number of piperidine rings is 1. The van der Waals surface area contributed by atoms with Gasteiger partial charge in [0.25, 0.3) is 0 Å². The van der Waals surface area contributed by atoms with E-state index in [0.29, 0.717) is 35.1 Å². The molecule has 0 aromatic heterocycles. The van der Waals surface area contributed by atoms with Gasteiger partial charge in [0.15, 0.2) is 0 Å². The Morgan fingerprint density at radius 2 is 2.00 bits per heavy atom. The predicted molar refractivity (Wildman–Crippen MR) is 90.8 cm³/mol. The zero-order valence-corrected chi connectivity index (χ0v) is 14.6. The maximum atomic E-state index is 12.6. The molecule has 128 valence electrons. The van der Waals surface area contributed by atoms with Crippen LogP contribution < -0.4 is 10.6 Å². The van der Waals surface area contributed by atoms with E-state index in [9.17, 15) is 9.90 Å². The number of hydrogen-bond donors (Lipinski definition) is 3. The third-order valence-corrected chi connectivity index (χ3v) is 4.91. The van der Waals surface area contributed by atoms with Crippen molar-refractivity contribution in [3.8, 4) is 0 Å². The molecule has 0 bridgehead atoms. The SMILES string of the molecule is COCC1(C(=O)NCC(O)c2c(Cl)cccc2Cl)CCNCC1. The van der Waals surface area contributed by atoms with Crippen LogP contribution in [0.4, 0.5) is 0 Å². The zero-order valence-electron chi connectivity index (χ0n) is 13.1. The summed E-state index contributed by atoms with van der Waals surface area (Å²) in [7, 11) is 1.59. The molecule has 1 aliphatic rings. The number of halogens is 2. The summed E-state index contributed by atoms with van der Waals surface area (Å²) in [6.45, 7) is 1.97. The minimum atomic E-state index is -0.957. The monoisotopic (exact) mass is 360 g/mol. The van der Waals surface area contributed by atoms with Gasteiger partial charge in [0.1, 0.15) is 0 Å². The lowest BCUT2D eigenvalue weighted by Crippen LogP contribution is -2.50. The highest BCUT2D eigenvalue weighted by Gasteiger charge is 2.39. The van der Waals surface area contributed by atoms with E-state index in [2.05, 4.69) is 10.6 Å². The first-order valence-corrected chi connectivity index (χ1v) is 8.36. The first-order valence-electron chi connectivity index (χ1n) is 7.60. The van der Waals surface area contributed by atoms with Crippen molar-refractivity contribution in [3.05, 3.63) is 33.8 Å². The van der Waals surface area contributed by atoms with E-state index in [1.54, 1.807) is 25.3 Å². The van der Waals surface area contributed by atoms with Gasteiger partial charge in [0.05, 0.1) is 18.1 Å². The highest BCUT2D eigenvalue weighted by Crippen LogP contribution is 2.32. The first-order chi connectivity index (χ1) is 11.0. The maximum absolute atomic E-state index is 12.6. The Hall–Kier alpha value is -0.850. The van der Waals surface area contributed by atoms with Crippen LogP contribution in [0.3, 0.4) is 0 Å². The largest absolute Gasteiger partial charge is 0.386 e. The lowest BCUT2D eigenvalue weighted by atomic mass is 9.78. The number of carbonyl (C=O) groups is 1. The molecule has 5 nitrogen and oxygen atoms in total. The molecule has 3 N–H and O–H groups in total. The third kappa shape index (κ3) is 4.37. The van der Waals surface area contributed by atoms with Crippen LogP contribution in [0.2, 0.25) is 10.0 Å². The van der Waals surface area contributed by atoms with Gasteiger partial charge in [-0.3, -0.25) is 4.79 Å². The molecule has 23 heavy (non-hydrogen) atoms. The number of benzene rings is 1. The number of amides is 1. The summed E-state index contributed by atoms with van der Waals surface area (Å²) in [5, 5.41) is 17.1. The fraction of sp³-hybridized carbons (Fsp3) is 0.562. The van der Waals surface area contributed by atoms with Crippen molar-refractivity contribution < 1.29 is 14.6 Å². The lowest BCUT2D eigenvalue weighted by Gasteiger charge is -2.35. The molecule has 1 aromatic carbocycles. The molecule has 1 aliphatic heterocycles. The molecule has 1 amide bonds. The number of carbonyl (C=O) groups excluding carboxylic acids is 1.